The van der Waals surface area contributed by atoms with Crippen LogP contribution >= 0.6 is 24.0 Å². The first-order chi connectivity index (χ1) is 12.5. The van der Waals surface area contributed by atoms with E-state index in [-0.39, 0.29) is 24.0 Å². The van der Waals surface area contributed by atoms with Crippen LogP contribution in [0, 0.1) is 5.92 Å². The van der Waals surface area contributed by atoms with Crippen molar-refractivity contribution in [3.05, 3.63) is 35.4 Å². The van der Waals surface area contributed by atoms with E-state index in [4.69, 9.17) is 15.5 Å². The van der Waals surface area contributed by atoms with Crippen molar-refractivity contribution in [2.75, 3.05) is 26.2 Å². The highest BCUT2D eigenvalue weighted by Gasteiger charge is 2.22. The fourth-order valence-electron chi connectivity index (χ4n) is 4.18. The first-order valence-corrected chi connectivity index (χ1v) is 10.0. The van der Waals surface area contributed by atoms with Crippen molar-refractivity contribution in [1.82, 2.24) is 9.80 Å². The third-order valence-corrected chi connectivity index (χ3v) is 5.40. The van der Waals surface area contributed by atoms with Crippen LogP contribution in [0.15, 0.2) is 29.3 Å². The van der Waals surface area contributed by atoms with Crippen LogP contribution in [0.4, 0.5) is 0 Å². The van der Waals surface area contributed by atoms with Crippen LogP contribution in [0.1, 0.15) is 44.7 Å². The third-order valence-electron chi connectivity index (χ3n) is 5.40. The lowest BCUT2D eigenvalue weighted by Crippen LogP contribution is -2.45. The number of ether oxygens (including phenoxy) is 1. The zero-order chi connectivity index (χ0) is 18.5. The highest BCUT2D eigenvalue weighted by molar-refractivity contribution is 14.0. The lowest BCUT2D eigenvalue weighted by Gasteiger charge is -2.35. The minimum atomic E-state index is 0. The summed E-state index contributed by atoms with van der Waals surface area (Å²) in [5, 5.41) is 0. The van der Waals surface area contributed by atoms with Gasteiger partial charge in [0.05, 0.1) is 18.8 Å². The molecule has 0 bridgehead atoms. The van der Waals surface area contributed by atoms with Crippen LogP contribution in [0.25, 0.3) is 0 Å². The Morgan fingerprint density at radius 3 is 2.44 bits per heavy atom. The number of halogens is 1. The first-order valence-electron chi connectivity index (χ1n) is 10.0. The van der Waals surface area contributed by atoms with Gasteiger partial charge < -0.3 is 15.4 Å². The van der Waals surface area contributed by atoms with Gasteiger partial charge in [-0.15, -0.1) is 24.0 Å². The lowest BCUT2D eigenvalue weighted by atomic mass is 10.0. The SMILES string of the molecule is CC1CCCN(C(N)=NCc2ccccc2CN2CC(C)OC(C)C2)C1.I. The molecule has 0 radical (unpaired) electrons. The Labute approximate surface area is 181 Å². The van der Waals surface area contributed by atoms with Crippen LogP contribution in [0.5, 0.6) is 0 Å². The van der Waals surface area contributed by atoms with Crippen LogP contribution < -0.4 is 5.73 Å². The number of aliphatic imine (C=N–C) groups is 1. The molecule has 2 aliphatic heterocycles. The molecule has 152 valence electrons. The average molecular weight is 486 g/mol. The molecule has 3 rings (SSSR count). The van der Waals surface area contributed by atoms with Gasteiger partial charge in [-0.05, 0) is 43.7 Å². The van der Waals surface area contributed by atoms with E-state index in [0.717, 1.165) is 32.7 Å². The molecule has 5 nitrogen and oxygen atoms in total. The van der Waals surface area contributed by atoms with E-state index in [1.807, 2.05) is 0 Å². The molecule has 0 aliphatic carbocycles. The summed E-state index contributed by atoms with van der Waals surface area (Å²) in [4.78, 5) is 9.43. The molecule has 27 heavy (non-hydrogen) atoms. The van der Waals surface area contributed by atoms with Crippen molar-refractivity contribution < 1.29 is 4.74 Å². The predicted octanol–water partition coefficient (Wildman–Crippen LogP) is 3.46. The molecule has 2 heterocycles. The molecule has 0 amide bonds. The summed E-state index contributed by atoms with van der Waals surface area (Å²) in [7, 11) is 0. The quantitative estimate of drug-likeness (QED) is 0.403. The number of nitrogens with zero attached hydrogens (tertiary/aromatic N) is 3. The van der Waals surface area contributed by atoms with Crippen LogP contribution in [0.2, 0.25) is 0 Å². The number of hydrogen-bond donors (Lipinski definition) is 1. The van der Waals surface area contributed by atoms with Crippen molar-refractivity contribution in [3.8, 4) is 0 Å². The number of nitrogens with two attached hydrogens (primary N) is 1. The highest BCUT2D eigenvalue weighted by atomic mass is 127. The third kappa shape index (κ3) is 6.61. The average Bonchev–Trinajstić information content (AvgIpc) is 2.60. The molecule has 2 saturated heterocycles. The Kier molecular flexibility index (Phi) is 8.82. The maximum Gasteiger partial charge on any atom is 0.191 e. The molecule has 0 spiro atoms. The normalized spacial score (nSPS) is 27.3. The molecule has 2 N–H and O–H groups in total. The summed E-state index contributed by atoms with van der Waals surface area (Å²) < 4.78 is 5.85. The fraction of sp³-hybridized carbons (Fsp3) is 0.667. The van der Waals surface area contributed by atoms with Crippen LogP contribution in [-0.4, -0.2) is 54.1 Å². The second kappa shape index (κ2) is 10.6. The number of likely N-dealkylation sites (tertiary alicyclic amines) is 1. The van der Waals surface area contributed by atoms with E-state index >= 15 is 0 Å². The smallest absolute Gasteiger partial charge is 0.191 e. The van der Waals surface area contributed by atoms with Crippen molar-refractivity contribution in [2.45, 2.75) is 58.9 Å². The summed E-state index contributed by atoms with van der Waals surface area (Å²) in [6.07, 6.45) is 3.09. The van der Waals surface area contributed by atoms with E-state index in [2.05, 4.69) is 54.8 Å². The first kappa shape index (κ1) is 22.4. The maximum absolute atomic E-state index is 6.28. The largest absolute Gasteiger partial charge is 0.373 e. The van der Waals surface area contributed by atoms with Crippen molar-refractivity contribution in [2.24, 2.45) is 16.6 Å². The molecule has 2 fully saturated rings. The van der Waals surface area contributed by atoms with Gasteiger partial charge in [-0.25, -0.2) is 4.99 Å². The van der Waals surface area contributed by atoms with Crippen molar-refractivity contribution >= 4 is 29.9 Å². The van der Waals surface area contributed by atoms with Crippen molar-refractivity contribution in [3.63, 3.8) is 0 Å². The molecule has 0 aromatic heterocycles. The van der Waals surface area contributed by atoms with Gasteiger partial charge >= 0.3 is 0 Å². The summed E-state index contributed by atoms with van der Waals surface area (Å²) in [6.45, 7) is 12.2. The second-order valence-electron chi connectivity index (χ2n) is 8.09. The van der Waals surface area contributed by atoms with Gasteiger partial charge in [0, 0.05) is 32.7 Å². The van der Waals surface area contributed by atoms with Gasteiger partial charge in [-0.2, -0.15) is 0 Å². The zero-order valence-corrected chi connectivity index (χ0v) is 19.3. The highest BCUT2D eigenvalue weighted by Crippen LogP contribution is 2.18. The molecule has 0 saturated carbocycles. The molecule has 1 aromatic rings. The number of rotatable bonds is 4. The van der Waals surface area contributed by atoms with Gasteiger partial charge in [0.15, 0.2) is 5.96 Å². The molecule has 2 aliphatic rings. The number of hydrogen-bond acceptors (Lipinski definition) is 3. The minimum Gasteiger partial charge on any atom is -0.373 e. The van der Waals surface area contributed by atoms with Crippen LogP contribution in [0.3, 0.4) is 0 Å². The fourth-order valence-corrected chi connectivity index (χ4v) is 4.18. The molecule has 3 unspecified atom stereocenters. The zero-order valence-electron chi connectivity index (χ0n) is 16.9. The second-order valence-corrected chi connectivity index (χ2v) is 8.09. The lowest BCUT2D eigenvalue weighted by molar-refractivity contribution is -0.0705. The number of guanidine groups is 1. The number of benzene rings is 1. The standard InChI is InChI=1S/C21H34N4O.HI/c1-16-7-6-10-25(12-16)21(22)23-11-19-8-4-5-9-20(19)15-24-13-17(2)26-18(3)14-24;/h4-5,8-9,16-18H,6-7,10-15H2,1-3H3,(H2,22,23);1H. The van der Waals surface area contributed by atoms with E-state index in [1.54, 1.807) is 0 Å². The number of piperidine rings is 1. The molecule has 3 atom stereocenters. The van der Waals surface area contributed by atoms with Crippen LogP contribution in [-0.2, 0) is 17.8 Å². The summed E-state index contributed by atoms with van der Waals surface area (Å²) >= 11 is 0. The summed E-state index contributed by atoms with van der Waals surface area (Å²) in [5.74, 6) is 1.40. The Hall–Kier alpha value is -0.860. The number of morpholine rings is 1. The van der Waals surface area contributed by atoms with Gasteiger partial charge in [-0.1, -0.05) is 31.2 Å². The minimum absolute atomic E-state index is 0. The monoisotopic (exact) mass is 486 g/mol. The van der Waals surface area contributed by atoms with Crippen molar-refractivity contribution in [1.29, 1.82) is 0 Å². The predicted molar refractivity (Wildman–Crippen MR) is 122 cm³/mol. The summed E-state index contributed by atoms with van der Waals surface area (Å²) in [5.41, 5.74) is 8.89. The van der Waals surface area contributed by atoms with Gasteiger partial charge in [-0.3, -0.25) is 4.90 Å². The van der Waals surface area contributed by atoms with Gasteiger partial charge in [0.2, 0.25) is 0 Å². The summed E-state index contributed by atoms with van der Waals surface area (Å²) in [6, 6.07) is 8.61. The van der Waals surface area contributed by atoms with Gasteiger partial charge in [0.25, 0.3) is 0 Å². The van der Waals surface area contributed by atoms with E-state index in [9.17, 15) is 0 Å². The molecule has 1 aromatic carbocycles. The molecular formula is C21H35IN4O. The Balaban J connectivity index is 0.00000261. The maximum atomic E-state index is 6.28. The molecule has 6 heteroatoms. The van der Waals surface area contributed by atoms with E-state index in [0.29, 0.717) is 30.6 Å². The van der Waals surface area contributed by atoms with E-state index in [1.165, 1.54) is 24.0 Å². The molecular weight excluding hydrogens is 451 g/mol. The topological polar surface area (TPSA) is 54.1 Å². The van der Waals surface area contributed by atoms with E-state index < -0.39 is 0 Å². The Morgan fingerprint density at radius 1 is 1.11 bits per heavy atom. The van der Waals surface area contributed by atoms with Gasteiger partial charge in [0.1, 0.15) is 0 Å². The Morgan fingerprint density at radius 2 is 1.78 bits per heavy atom. The Bertz CT molecular complexity index is 614.